The van der Waals surface area contributed by atoms with E-state index in [9.17, 15) is 17.6 Å². The standard InChI is InChI=1S/C19H18F4N6/c20-12-8-25-17(26-9-12)13-6-11(13)7-24-14-3-4-29-15(5-10-1-2-10)27-28-18(29)16(14)19(21,22)23/h3-4,8-11,13,24H,1-2,5-7H2. The molecule has 2 aliphatic carbocycles. The van der Waals surface area contributed by atoms with E-state index in [1.807, 2.05) is 0 Å². The first-order valence-electron chi connectivity index (χ1n) is 9.55. The normalized spacial score (nSPS) is 21.5. The van der Waals surface area contributed by atoms with Crippen molar-refractivity contribution in [1.29, 1.82) is 0 Å². The molecular formula is C19H18F4N6. The van der Waals surface area contributed by atoms with Crippen LogP contribution in [0, 0.1) is 17.7 Å². The molecule has 0 aromatic carbocycles. The van der Waals surface area contributed by atoms with Crippen LogP contribution in [0.5, 0.6) is 0 Å². The van der Waals surface area contributed by atoms with Gasteiger partial charge in [0.25, 0.3) is 0 Å². The Bertz CT molecular complexity index is 1040. The number of nitrogens with zero attached hydrogens (tertiary/aromatic N) is 5. The second-order valence-electron chi connectivity index (χ2n) is 7.80. The van der Waals surface area contributed by atoms with Crippen LogP contribution in [0.4, 0.5) is 23.2 Å². The van der Waals surface area contributed by atoms with Gasteiger partial charge in [-0.3, -0.25) is 4.40 Å². The Hall–Kier alpha value is -2.78. The quantitative estimate of drug-likeness (QED) is 0.630. The number of fused-ring (bicyclic) bond motifs is 1. The third kappa shape index (κ3) is 3.63. The fourth-order valence-corrected chi connectivity index (χ4v) is 3.69. The van der Waals surface area contributed by atoms with Crippen molar-refractivity contribution in [3.8, 4) is 0 Å². The molecule has 0 bridgehead atoms. The van der Waals surface area contributed by atoms with Crippen molar-refractivity contribution >= 4 is 11.3 Å². The van der Waals surface area contributed by atoms with Gasteiger partial charge < -0.3 is 5.32 Å². The summed E-state index contributed by atoms with van der Waals surface area (Å²) < 4.78 is 55.8. The molecule has 3 heterocycles. The summed E-state index contributed by atoms with van der Waals surface area (Å²) in [6.45, 7) is 0.341. The van der Waals surface area contributed by atoms with Gasteiger partial charge in [-0.2, -0.15) is 13.2 Å². The third-order valence-electron chi connectivity index (χ3n) is 5.55. The lowest BCUT2D eigenvalue weighted by atomic mass is 10.2. The minimum Gasteiger partial charge on any atom is -0.384 e. The van der Waals surface area contributed by atoms with E-state index in [4.69, 9.17) is 0 Å². The molecular weight excluding hydrogens is 388 g/mol. The van der Waals surface area contributed by atoms with Crippen LogP contribution >= 0.6 is 0 Å². The SMILES string of the molecule is Fc1cnc(C2CC2CNc2ccn3c(CC4CC4)nnc3c2C(F)(F)F)nc1. The van der Waals surface area contributed by atoms with Crippen molar-refractivity contribution in [3.05, 3.63) is 47.7 Å². The first-order valence-corrected chi connectivity index (χ1v) is 9.55. The number of halogens is 4. The summed E-state index contributed by atoms with van der Waals surface area (Å²) in [6, 6.07) is 1.43. The Balaban J connectivity index is 1.36. The number of anilines is 1. The maximum absolute atomic E-state index is 13.8. The van der Waals surface area contributed by atoms with E-state index in [0.717, 1.165) is 31.7 Å². The van der Waals surface area contributed by atoms with Crippen LogP contribution in [-0.4, -0.2) is 31.1 Å². The minimum absolute atomic E-state index is 0.0129. The molecule has 0 amide bonds. The molecule has 152 valence electrons. The van der Waals surface area contributed by atoms with Gasteiger partial charge in [-0.1, -0.05) is 0 Å². The van der Waals surface area contributed by atoms with Crippen LogP contribution < -0.4 is 5.32 Å². The van der Waals surface area contributed by atoms with E-state index >= 15 is 0 Å². The van der Waals surface area contributed by atoms with Gasteiger partial charge in [-0.05, 0) is 37.2 Å². The molecule has 29 heavy (non-hydrogen) atoms. The van der Waals surface area contributed by atoms with Gasteiger partial charge in [-0.25, -0.2) is 14.4 Å². The molecule has 5 rings (SSSR count). The van der Waals surface area contributed by atoms with Crippen LogP contribution in [0.2, 0.25) is 0 Å². The smallest absolute Gasteiger partial charge is 0.384 e. The molecule has 0 radical (unpaired) electrons. The van der Waals surface area contributed by atoms with Crippen molar-refractivity contribution in [2.45, 2.75) is 37.8 Å². The Morgan fingerprint density at radius 1 is 1.14 bits per heavy atom. The predicted molar refractivity (Wildman–Crippen MR) is 95.7 cm³/mol. The third-order valence-corrected chi connectivity index (χ3v) is 5.55. The summed E-state index contributed by atoms with van der Waals surface area (Å²) in [6.07, 6.45) is 2.81. The van der Waals surface area contributed by atoms with Crippen LogP contribution in [0.15, 0.2) is 24.7 Å². The molecule has 2 unspecified atom stereocenters. The van der Waals surface area contributed by atoms with Gasteiger partial charge in [0.1, 0.15) is 17.2 Å². The lowest BCUT2D eigenvalue weighted by molar-refractivity contribution is -0.136. The Morgan fingerprint density at radius 3 is 2.59 bits per heavy atom. The highest BCUT2D eigenvalue weighted by atomic mass is 19.4. The van der Waals surface area contributed by atoms with Gasteiger partial charge in [0.05, 0.1) is 18.1 Å². The van der Waals surface area contributed by atoms with E-state index in [0.29, 0.717) is 30.5 Å². The van der Waals surface area contributed by atoms with E-state index in [2.05, 4.69) is 25.5 Å². The Labute approximate surface area is 163 Å². The molecule has 0 saturated heterocycles. The molecule has 6 nitrogen and oxygen atoms in total. The van der Waals surface area contributed by atoms with Crippen molar-refractivity contribution in [3.63, 3.8) is 0 Å². The molecule has 0 spiro atoms. The van der Waals surface area contributed by atoms with E-state index in [1.165, 1.54) is 10.5 Å². The van der Waals surface area contributed by atoms with Gasteiger partial charge in [0, 0.05) is 25.1 Å². The number of pyridine rings is 1. The summed E-state index contributed by atoms with van der Waals surface area (Å²) in [7, 11) is 0. The zero-order valence-electron chi connectivity index (χ0n) is 15.3. The largest absolute Gasteiger partial charge is 0.422 e. The number of hydrogen-bond donors (Lipinski definition) is 1. The van der Waals surface area contributed by atoms with Crippen molar-refractivity contribution in [1.82, 2.24) is 24.6 Å². The summed E-state index contributed by atoms with van der Waals surface area (Å²) in [5.74, 6) is 1.19. The highest BCUT2D eigenvalue weighted by Gasteiger charge is 2.42. The number of rotatable bonds is 6. The molecule has 2 atom stereocenters. The van der Waals surface area contributed by atoms with Crippen molar-refractivity contribution in [2.75, 3.05) is 11.9 Å². The average Bonchev–Trinajstić information content (AvgIpc) is 3.59. The summed E-state index contributed by atoms with van der Waals surface area (Å²) in [5.41, 5.74) is -0.988. The van der Waals surface area contributed by atoms with Crippen LogP contribution in [0.25, 0.3) is 5.65 Å². The van der Waals surface area contributed by atoms with Gasteiger partial charge >= 0.3 is 6.18 Å². The lowest BCUT2D eigenvalue weighted by Gasteiger charge is -2.15. The Kier molecular flexibility index (Phi) is 4.18. The average molecular weight is 406 g/mol. The highest BCUT2D eigenvalue weighted by Crippen LogP contribution is 2.46. The topological polar surface area (TPSA) is 68.0 Å². The number of alkyl halides is 3. The van der Waals surface area contributed by atoms with Gasteiger partial charge in [0.15, 0.2) is 11.5 Å². The lowest BCUT2D eigenvalue weighted by Crippen LogP contribution is -2.15. The summed E-state index contributed by atoms with van der Waals surface area (Å²) >= 11 is 0. The van der Waals surface area contributed by atoms with Crippen LogP contribution in [-0.2, 0) is 12.6 Å². The molecule has 10 heteroatoms. The summed E-state index contributed by atoms with van der Waals surface area (Å²) in [4.78, 5) is 7.92. The molecule has 2 aliphatic rings. The van der Waals surface area contributed by atoms with Gasteiger partial charge in [-0.15, -0.1) is 10.2 Å². The zero-order chi connectivity index (χ0) is 20.2. The Morgan fingerprint density at radius 2 is 1.90 bits per heavy atom. The number of aromatic nitrogens is 5. The fraction of sp³-hybridized carbons (Fsp3) is 0.474. The number of nitrogens with one attached hydrogen (secondary N) is 1. The monoisotopic (exact) mass is 406 g/mol. The van der Waals surface area contributed by atoms with E-state index < -0.39 is 17.6 Å². The molecule has 3 aromatic heterocycles. The molecule has 2 fully saturated rings. The first kappa shape index (κ1) is 18.3. The van der Waals surface area contributed by atoms with Crippen LogP contribution in [0.3, 0.4) is 0 Å². The van der Waals surface area contributed by atoms with E-state index in [1.54, 1.807) is 6.20 Å². The van der Waals surface area contributed by atoms with Crippen LogP contribution in [0.1, 0.15) is 42.4 Å². The summed E-state index contributed by atoms with van der Waals surface area (Å²) in [5, 5.41) is 10.7. The van der Waals surface area contributed by atoms with E-state index in [-0.39, 0.29) is 23.2 Å². The molecule has 1 N–H and O–H groups in total. The molecule has 2 saturated carbocycles. The second kappa shape index (κ2) is 6.64. The number of hydrogen-bond acceptors (Lipinski definition) is 5. The van der Waals surface area contributed by atoms with Gasteiger partial charge in [0.2, 0.25) is 0 Å². The maximum Gasteiger partial charge on any atom is 0.422 e. The fourth-order valence-electron chi connectivity index (χ4n) is 3.69. The first-order chi connectivity index (χ1) is 13.9. The van der Waals surface area contributed by atoms with Crippen molar-refractivity contribution < 1.29 is 17.6 Å². The zero-order valence-corrected chi connectivity index (χ0v) is 15.3. The minimum atomic E-state index is -4.56. The van der Waals surface area contributed by atoms with Crippen molar-refractivity contribution in [2.24, 2.45) is 11.8 Å². The second-order valence-corrected chi connectivity index (χ2v) is 7.80. The predicted octanol–water partition coefficient (Wildman–Crippen LogP) is 3.85. The molecule has 0 aliphatic heterocycles. The maximum atomic E-state index is 13.8. The highest BCUT2D eigenvalue weighted by molar-refractivity contribution is 5.65. The molecule has 3 aromatic rings.